The first kappa shape index (κ1) is 16.0. The molecule has 0 bridgehead atoms. The molecule has 0 aliphatic carbocycles. The Morgan fingerprint density at radius 3 is 1.78 bits per heavy atom. The van der Waals surface area contributed by atoms with Gasteiger partial charge in [0.2, 0.25) is 0 Å². The Kier molecular flexibility index (Phi) is 14.3. The molecular formula is C3H5LiNiO4. The van der Waals surface area contributed by atoms with E-state index in [1.807, 2.05) is 0 Å². The van der Waals surface area contributed by atoms with Gasteiger partial charge in [-0.05, 0) is 0 Å². The summed E-state index contributed by atoms with van der Waals surface area (Å²) in [5.74, 6) is -0.812. The van der Waals surface area contributed by atoms with Crippen molar-refractivity contribution in [3.8, 4) is 0 Å². The van der Waals surface area contributed by atoms with Crippen molar-refractivity contribution >= 4 is 31.0 Å². The van der Waals surface area contributed by atoms with Crippen LogP contribution in [0.5, 0.6) is 0 Å². The Hall–Kier alpha value is 0.0309. The number of rotatable bonds is 0. The zero-order valence-electron chi connectivity index (χ0n) is 3.99. The van der Waals surface area contributed by atoms with Gasteiger partial charge in [0.05, 0.1) is 0 Å². The maximum absolute atomic E-state index is 9.65. The Balaban J connectivity index is -0.000000180. The van der Waals surface area contributed by atoms with Crippen molar-refractivity contribution in [2.24, 2.45) is 0 Å². The fraction of sp³-hybridized carbons (Fsp3) is 0.333. The zero-order chi connectivity index (χ0) is 5.86. The van der Waals surface area contributed by atoms with Crippen LogP contribution < -0.4 is 0 Å². The molecule has 0 aliphatic rings. The van der Waals surface area contributed by atoms with Crippen LogP contribution in [0, 0.1) is 0 Å². The Bertz CT molecular complexity index is 92.0. The molecule has 0 atom stereocenters. The van der Waals surface area contributed by atoms with Gasteiger partial charge in [0.25, 0.3) is 0 Å². The van der Waals surface area contributed by atoms with Crippen molar-refractivity contribution < 1.29 is 35.9 Å². The molecule has 0 radical (unpaired) electrons. The fourth-order valence-corrected chi connectivity index (χ4v) is 0.123. The minimum atomic E-state index is -1.56. The molecule has 9 heavy (non-hydrogen) atoms. The summed E-state index contributed by atoms with van der Waals surface area (Å²) >= 11 is 0. The van der Waals surface area contributed by atoms with E-state index in [4.69, 9.17) is 5.11 Å². The van der Waals surface area contributed by atoms with Crippen LogP contribution in [0.25, 0.3) is 0 Å². The van der Waals surface area contributed by atoms with Gasteiger partial charge < -0.3 is 9.84 Å². The number of carbonyl (C=O) groups is 2. The van der Waals surface area contributed by atoms with Crippen LogP contribution in [0.2, 0.25) is 0 Å². The van der Waals surface area contributed by atoms with E-state index >= 15 is 0 Å². The summed E-state index contributed by atoms with van der Waals surface area (Å²) in [5, 5.41) is 7.64. The number of hydrogen-bond acceptors (Lipinski definition) is 3. The standard InChI is InChI=1S/C3H4O4.Li.Ni.H/c1-2(4)7-3(5)6;;;/h1H3,(H,5,6);;;. The Labute approximate surface area is 74.0 Å². The molecule has 0 amide bonds. The third kappa shape index (κ3) is 18.0. The number of esters is 1. The topological polar surface area (TPSA) is 63.6 Å². The summed E-state index contributed by atoms with van der Waals surface area (Å²) in [6.45, 7) is 1.02. The Morgan fingerprint density at radius 2 is 1.78 bits per heavy atom. The molecule has 0 aromatic carbocycles. The summed E-state index contributed by atoms with van der Waals surface area (Å²) in [6.07, 6.45) is -1.56. The van der Waals surface area contributed by atoms with E-state index in [0.29, 0.717) is 0 Å². The van der Waals surface area contributed by atoms with Gasteiger partial charge in [-0.1, -0.05) is 0 Å². The van der Waals surface area contributed by atoms with Crippen LogP contribution in [0.3, 0.4) is 0 Å². The summed E-state index contributed by atoms with van der Waals surface area (Å²) in [4.78, 5) is 19.0. The van der Waals surface area contributed by atoms with Crippen LogP contribution in [-0.2, 0) is 26.0 Å². The van der Waals surface area contributed by atoms with E-state index in [1.165, 1.54) is 0 Å². The molecule has 0 fully saturated rings. The zero-order valence-corrected chi connectivity index (χ0v) is 4.98. The van der Waals surface area contributed by atoms with Crippen molar-refractivity contribution in [1.29, 1.82) is 0 Å². The van der Waals surface area contributed by atoms with Gasteiger partial charge in [-0.15, -0.1) is 0 Å². The molecule has 4 nitrogen and oxygen atoms in total. The van der Waals surface area contributed by atoms with Gasteiger partial charge >= 0.3 is 31.0 Å². The van der Waals surface area contributed by atoms with Crippen LogP contribution in [0.15, 0.2) is 0 Å². The molecular weight excluding hydrogens is 166 g/mol. The van der Waals surface area contributed by atoms with E-state index in [1.54, 1.807) is 0 Å². The van der Waals surface area contributed by atoms with Crippen LogP contribution >= 0.6 is 0 Å². The second-order valence-corrected chi connectivity index (χ2v) is 0.860. The van der Waals surface area contributed by atoms with Crippen molar-refractivity contribution in [3.05, 3.63) is 0 Å². The maximum Gasteiger partial charge on any atom is 0 e. The van der Waals surface area contributed by atoms with E-state index in [-0.39, 0.29) is 35.4 Å². The van der Waals surface area contributed by atoms with Crippen molar-refractivity contribution in [2.45, 2.75) is 6.92 Å². The predicted molar refractivity (Wildman–Crippen MR) is 26.9 cm³/mol. The minimum Gasteiger partial charge on any atom is 0 e. The van der Waals surface area contributed by atoms with Gasteiger partial charge in [-0.25, -0.2) is 4.79 Å². The summed E-state index contributed by atoms with van der Waals surface area (Å²) in [5.41, 5.74) is 0. The van der Waals surface area contributed by atoms with E-state index in [0.717, 1.165) is 6.92 Å². The fourth-order valence-electron chi connectivity index (χ4n) is 0.123. The normalized spacial score (nSPS) is 5.89. The molecule has 1 N–H and O–H groups in total. The van der Waals surface area contributed by atoms with E-state index in [9.17, 15) is 9.59 Å². The van der Waals surface area contributed by atoms with Crippen LogP contribution in [0.1, 0.15) is 6.92 Å². The monoisotopic (exact) mass is 170 g/mol. The van der Waals surface area contributed by atoms with Crippen molar-refractivity contribution in [1.82, 2.24) is 0 Å². The third-order valence-corrected chi connectivity index (χ3v) is 0.231. The first-order valence-corrected chi connectivity index (χ1v) is 1.54. The van der Waals surface area contributed by atoms with Gasteiger partial charge in [-0.3, -0.25) is 4.79 Å². The van der Waals surface area contributed by atoms with Crippen LogP contribution in [-0.4, -0.2) is 36.1 Å². The molecule has 0 saturated carbocycles. The quantitative estimate of drug-likeness (QED) is 0.305. The summed E-state index contributed by atoms with van der Waals surface area (Å²) in [6, 6.07) is 0. The number of carbonyl (C=O) groups excluding carboxylic acids is 1. The van der Waals surface area contributed by atoms with E-state index < -0.39 is 12.1 Å². The molecule has 0 unspecified atom stereocenters. The smallest absolute Gasteiger partial charge is 0 e. The molecule has 0 aromatic rings. The van der Waals surface area contributed by atoms with Gasteiger partial charge in [0.15, 0.2) is 0 Å². The summed E-state index contributed by atoms with van der Waals surface area (Å²) in [7, 11) is 0. The first-order chi connectivity index (χ1) is 3.13. The maximum atomic E-state index is 9.65. The van der Waals surface area contributed by atoms with E-state index in [2.05, 4.69) is 4.74 Å². The largest absolute Gasteiger partial charge is 0 e. The second kappa shape index (κ2) is 8.03. The molecule has 0 aromatic heterocycles. The molecule has 0 aliphatic heterocycles. The number of carboxylic acid groups (broad SMARTS) is 1. The SMILES string of the molecule is CC(=O)OC(=O)O.[LiH].[Ni]. The summed E-state index contributed by atoms with van der Waals surface area (Å²) < 4.78 is 3.53. The Morgan fingerprint density at radius 1 is 1.44 bits per heavy atom. The number of hydrogen-bond donors (Lipinski definition) is 1. The van der Waals surface area contributed by atoms with Crippen LogP contribution in [0.4, 0.5) is 4.79 Å². The molecule has 0 spiro atoms. The van der Waals surface area contributed by atoms with Crippen molar-refractivity contribution in [3.63, 3.8) is 0 Å². The minimum absolute atomic E-state index is 0. The van der Waals surface area contributed by atoms with Gasteiger partial charge in [-0.2, -0.15) is 0 Å². The van der Waals surface area contributed by atoms with Gasteiger partial charge in [0, 0.05) is 23.4 Å². The predicted octanol–water partition coefficient (Wildman–Crippen LogP) is -0.423. The molecule has 0 heterocycles. The molecule has 52 valence electrons. The average Bonchev–Trinajstić information content (AvgIpc) is 1.27. The first-order valence-electron chi connectivity index (χ1n) is 1.54. The average molecular weight is 171 g/mol. The number of ether oxygens (including phenoxy) is 1. The third-order valence-electron chi connectivity index (χ3n) is 0.231. The molecule has 6 heteroatoms. The molecule has 0 rings (SSSR count). The van der Waals surface area contributed by atoms with Gasteiger partial charge in [0.1, 0.15) is 0 Å². The molecule has 0 saturated heterocycles. The second-order valence-electron chi connectivity index (χ2n) is 0.860. The van der Waals surface area contributed by atoms with Crippen molar-refractivity contribution in [2.75, 3.05) is 0 Å².